The van der Waals surface area contributed by atoms with E-state index in [-0.39, 0.29) is 17.9 Å². The van der Waals surface area contributed by atoms with Gasteiger partial charge >= 0.3 is 0 Å². The van der Waals surface area contributed by atoms with E-state index in [0.717, 1.165) is 37.7 Å². The Morgan fingerprint density at radius 3 is 2.87 bits per heavy atom. The Morgan fingerprint density at radius 1 is 1.06 bits per heavy atom. The van der Waals surface area contributed by atoms with Crippen LogP contribution in [0.25, 0.3) is 32.7 Å². The summed E-state index contributed by atoms with van der Waals surface area (Å²) in [6.07, 6.45) is 7.82. The molecule has 0 spiro atoms. The van der Waals surface area contributed by atoms with Gasteiger partial charge in [-0.1, -0.05) is 18.2 Å². The third-order valence-corrected chi connectivity index (χ3v) is 8.36. The number of rotatable bonds is 0. The first-order chi connectivity index (χ1) is 15.2. The minimum Gasteiger partial charge on any atom is -0.348 e. The summed E-state index contributed by atoms with van der Waals surface area (Å²) in [6, 6.07) is 8.70. The smallest absolute Gasteiger partial charge is 0.252 e. The van der Waals surface area contributed by atoms with E-state index in [1.165, 1.54) is 62.4 Å². The van der Waals surface area contributed by atoms with Crippen LogP contribution < -0.4 is 5.32 Å². The summed E-state index contributed by atoms with van der Waals surface area (Å²) in [5.41, 5.74) is 8.34. The zero-order chi connectivity index (χ0) is 20.5. The van der Waals surface area contributed by atoms with Gasteiger partial charge in [-0.2, -0.15) is 0 Å². The highest BCUT2D eigenvalue weighted by Crippen LogP contribution is 2.53. The molecule has 5 heterocycles. The van der Waals surface area contributed by atoms with Crippen molar-refractivity contribution in [2.24, 2.45) is 0 Å². The van der Waals surface area contributed by atoms with Gasteiger partial charge in [0.05, 0.1) is 22.1 Å². The maximum Gasteiger partial charge on any atom is 0.252 e. The summed E-state index contributed by atoms with van der Waals surface area (Å²) in [5, 5.41) is 6.88. The second-order valence-electron chi connectivity index (χ2n) is 9.98. The largest absolute Gasteiger partial charge is 0.348 e. The molecule has 1 fully saturated rings. The number of benzene rings is 2. The van der Waals surface area contributed by atoms with Crippen molar-refractivity contribution in [2.45, 2.75) is 70.4 Å². The number of aryl methyl sites for hydroxylation is 1. The average molecular weight is 412 g/mol. The van der Waals surface area contributed by atoms with Crippen molar-refractivity contribution in [1.29, 1.82) is 0 Å². The number of para-hydroxylation sites is 1. The van der Waals surface area contributed by atoms with E-state index in [0.29, 0.717) is 6.54 Å². The molecule has 2 bridgehead atoms. The summed E-state index contributed by atoms with van der Waals surface area (Å²) in [5.74, 6) is 0.0959. The zero-order valence-electron chi connectivity index (χ0n) is 17.8. The van der Waals surface area contributed by atoms with Gasteiger partial charge in [0.15, 0.2) is 0 Å². The molecule has 0 saturated carbocycles. The van der Waals surface area contributed by atoms with Crippen LogP contribution in [0.15, 0.2) is 24.3 Å². The summed E-state index contributed by atoms with van der Waals surface area (Å²) in [6.45, 7) is 2.89. The number of amides is 1. The maximum absolute atomic E-state index is 13.2. The molecule has 2 unspecified atom stereocenters. The molecule has 3 aliphatic heterocycles. The van der Waals surface area contributed by atoms with Gasteiger partial charge in [-0.3, -0.25) is 4.79 Å². The van der Waals surface area contributed by atoms with E-state index in [9.17, 15) is 4.79 Å². The van der Waals surface area contributed by atoms with E-state index < -0.39 is 0 Å². The van der Waals surface area contributed by atoms with E-state index in [4.69, 9.17) is 4.74 Å². The monoisotopic (exact) mass is 411 g/mol. The highest BCUT2D eigenvalue weighted by molar-refractivity contribution is 6.26. The highest BCUT2D eigenvalue weighted by atomic mass is 16.5. The molecule has 5 nitrogen and oxygen atoms in total. The van der Waals surface area contributed by atoms with Gasteiger partial charge in [0.2, 0.25) is 0 Å². The molecule has 156 valence electrons. The number of fused-ring (bicyclic) bond motifs is 13. The van der Waals surface area contributed by atoms with Crippen LogP contribution in [0.1, 0.15) is 72.4 Å². The van der Waals surface area contributed by atoms with Crippen molar-refractivity contribution in [1.82, 2.24) is 14.5 Å². The second kappa shape index (κ2) is 5.33. The lowest BCUT2D eigenvalue weighted by Crippen LogP contribution is -2.38. The summed E-state index contributed by atoms with van der Waals surface area (Å²) in [4.78, 5) is 13.2. The molecule has 1 amide bonds. The number of carbonyl (C=O) groups excluding carboxylic acids is 1. The van der Waals surface area contributed by atoms with Crippen LogP contribution in [0, 0.1) is 0 Å². The average Bonchev–Trinajstić information content (AvgIpc) is 3.41. The first-order valence-electron chi connectivity index (χ1n) is 11.8. The molecule has 4 aromatic rings. The van der Waals surface area contributed by atoms with Gasteiger partial charge in [-0.15, -0.1) is 0 Å². The minimum absolute atomic E-state index is 0.0486. The van der Waals surface area contributed by atoms with E-state index >= 15 is 0 Å². The predicted octanol–water partition coefficient (Wildman–Crippen LogP) is 5.26. The maximum atomic E-state index is 13.2. The Kier molecular flexibility index (Phi) is 2.90. The minimum atomic E-state index is -0.373. The number of nitrogens with zero attached hydrogens (tertiary/aromatic N) is 2. The lowest BCUT2D eigenvalue weighted by molar-refractivity contribution is -0.188. The zero-order valence-corrected chi connectivity index (χ0v) is 17.8. The molecular formula is C26H25N3O2. The lowest BCUT2D eigenvalue weighted by atomic mass is 9.91. The van der Waals surface area contributed by atoms with Crippen molar-refractivity contribution in [3.05, 3.63) is 46.6 Å². The van der Waals surface area contributed by atoms with Gasteiger partial charge in [-0.25, -0.2) is 0 Å². The van der Waals surface area contributed by atoms with Crippen molar-refractivity contribution in [3.8, 4) is 0 Å². The molecule has 1 N–H and O–H groups in total. The molecule has 1 saturated heterocycles. The Labute approximate surface area is 179 Å². The number of nitrogens with one attached hydrogen (secondary N) is 1. The van der Waals surface area contributed by atoms with E-state index in [1.54, 1.807) is 0 Å². The number of carbonyl (C=O) groups is 1. The molecule has 8 rings (SSSR count). The summed E-state index contributed by atoms with van der Waals surface area (Å²) in [7, 11) is 0. The van der Waals surface area contributed by atoms with Crippen molar-refractivity contribution in [2.75, 3.05) is 0 Å². The molecule has 2 aromatic heterocycles. The highest BCUT2D eigenvalue weighted by Gasteiger charge is 2.44. The van der Waals surface area contributed by atoms with Crippen LogP contribution in [0.4, 0.5) is 0 Å². The third kappa shape index (κ3) is 1.79. The fourth-order valence-electron chi connectivity index (χ4n) is 7.23. The van der Waals surface area contributed by atoms with Crippen LogP contribution in [-0.2, 0) is 29.8 Å². The molecule has 2 aromatic carbocycles. The lowest BCUT2D eigenvalue weighted by Gasteiger charge is -2.40. The molecule has 31 heavy (non-hydrogen) atoms. The fourth-order valence-corrected chi connectivity index (χ4v) is 7.23. The van der Waals surface area contributed by atoms with Crippen LogP contribution in [0.2, 0.25) is 0 Å². The van der Waals surface area contributed by atoms with Gasteiger partial charge in [0.1, 0.15) is 12.0 Å². The van der Waals surface area contributed by atoms with Gasteiger partial charge in [-0.05, 0) is 69.1 Å². The molecule has 1 aliphatic carbocycles. The Balaban J connectivity index is 1.74. The third-order valence-electron chi connectivity index (χ3n) is 8.36. The quantitative estimate of drug-likeness (QED) is 0.429. The normalized spacial score (nSPS) is 26.5. The van der Waals surface area contributed by atoms with Crippen LogP contribution in [-0.4, -0.2) is 15.0 Å². The van der Waals surface area contributed by atoms with Crippen LogP contribution >= 0.6 is 0 Å². The Bertz CT molecular complexity index is 1490. The van der Waals surface area contributed by atoms with Crippen molar-refractivity contribution in [3.63, 3.8) is 0 Å². The Morgan fingerprint density at radius 2 is 1.94 bits per heavy atom. The van der Waals surface area contributed by atoms with Gasteiger partial charge in [0.25, 0.3) is 5.91 Å². The number of hydrogen-bond acceptors (Lipinski definition) is 2. The summed E-state index contributed by atoms with van der Waals surface area (Å²) >= 11 is 0. The SMILES string of the molecule is CC12CCCC(O1)n1c3c(c4c5c(c6c7ccccc7n2c6c41)CNC5=O)CCCC3. The first kappa shape index (κ1) is 16.8. The van der Waals surface area contributed by atoms with Crippen molar-refractivity contribution >= 4 is 38.6 Å². The van der Waals surface area contributed by atoms with E-state index in [2.05, 4.69) is 45.6 Å². The van der Waals surface area contributed by atoms with Crippen LogP contribution in [0.5, 0.6) is 0 Å². The molecule has 0 radical (unpaired) electrons. The standard InChI is InChI=1S/C26H25N3O2/c1-26-12-6-11-19(31-26)28-17-9-4-2-7-14(17)21-22-16(13-27-25(22)30)20-15-8-3-5-10-18(15)29(26)24(20)23(21)28/h3,5,8,10,19H,2,4,6-7,9,11-13H2,1H3,(H,27,30). The Hall–Kier alpha value is -2.79. The second-order valence-corrected chi connectivity index (χ2v) is 9.98. The molecular weight excluding hydrogens is 386 g/mol. The van der Waals surface area contributed by atoms with E-state index in [1.807, 2.05) is 0 Å². The van der Waals surface area contributed by atoms with Crippen LogP contribution in [0.3, 0.4) is 0 Å². The predicted molar refractivity (Wildman–Crippen MR) is 120 cm³/mol. The number of ether oxygens (including phenoxy) is 1. The fraction of sp³-hybridized carbons (Fsp3) is 0.423. The van der Waals surface area contributed by atoms with Gasteiger partial charge < -0.3 is 19.2 Å². The topological polar surface area (TPSA) is 48.2 Å². The first-order valence-corrected chi connectivity index (χ1v) is 11.8. The number of aromatic nitrogens is 2. The molecule has 2 atom stereocenters. The van der Waals surface area contributed by atoms with Gasteiger partial charge in [0, 0.05) is 28.4 Å². The molecule has 5 heteroatoms. The summed E-state index contributed by atoms with van der Waals surface area (Å²) < 4.78 is 12.0. The number of hydrogen-bond donors (Lipinski definition) is 1. The van der Waals surface area contributed by atoms with Crippen molar-refractivity contribution < 1.29 is 9.53 Å². The molecule has 4 aliphatic rings.